The zero-order valence-electron chi connectivity index (χ0n) is 15.6. The first-order valence-corrected chi connectivity index (χ1v) is 8.26. The molecule has 0 spiro atoms. The first-order chi connectivity index (χ1) is 13.8. The molecule has 2 aromatic carbocycles. The Balaban J connectivity index is 0.000000562. The quantitative estimate of drug-likeness (QED) is 0.191. The predicted octanol–water partition coefficient (Wildman–Crippen LogP) is 4.15. The molecule has 0 amide bonds. The van der Waals surface area contributed by atoms with Crippen LogP contribution in [0.2, 0.25) is 0 Å². The maximum Gasteiger partial charge on any atom is 0.505 e. The molecule has 4 N–H and O–H groups in total. The van der Waals surface area contributed by atoms with Gasteiger partial charge in [0.05, 0.1) is 11.1 Å². The number of hydrogen-bond donors (Lipinski definition) is 0. The maximum atomic E-state index is 11.9. The minimum atomic E-state index is -4.79. The van der Waals surface area contributed by atoms with Crippen molar-refractivity contribution in [1.29, 1.82) is 0 Å². The molecule has 0 saturated heterocycles. The second kappa shape index (κ2) is 12.2. The second-order valence-corrected chi connectivity index (χ2v) is 5.87. The van der Waals surface area contributed by atoms with E-state index in [1.165, 1.54) is 24.3 Å². The van der Waals surface area contributed by atoms with Crippen LogP contribution < -0.4 is 0 Å². The van der Waals surface area contributed by atoms with Crippen LogP contribution in [0, 0.1) is 0 Å². The summed E-state index contributed by atoms with van der Waals surface area (Å²) in [7, 11) is 0. The van der Waals surface area contributed by atoms with Crippen molar-refractivity contribution in [3.05, 3.63) is 71.8 Å². The fraction of sp³-hybridized carbons (Fsp3) is 0.200. The summed E-state index contributed by atoms with van der Waals surface area (Å²) in [4.78, 5) is 35.8. The second-order valence-electron chi connectivity index (χ2n) is 5.87. The van der Waals surface area contributed by atoms with Crippen molar-refractivity contribution in [3.63, 3.8) is 0 Å². The van der Waals surface area contributed by atoms with Gasteiger partial charge in [0, 0.05) is 17.1 Å². The van der Waals surface area contributed by atoms with Crippen LogP contribution in [0.5, 0.6) is 0 Å². The first kappa shape index (κ1) is 28.2. The molecule has 11 heteroatoms. The summed E-state index contributed by atoms with van der Waals surface area (Å²) in [5.74, 6) is -4.43. The number of halogens is 6. The molecule has 1 radical (unpaired) electrons. The van der Waals surface area contributed by atoms with Gasteiger partial charge in [-0.1, -0.05) is 36.4 Å². The van der Waals surface area contributed by atoms with Crippen molar-refractivity contribution in [2.45, 2.75) is 25.2 Å². The summed E-state index contributed by atoms with van der Waals surface area (Å²) in [5.41, 5.74) is 0.515. The van der Waals surface area contributed by atoms with E-state index in [1.54, 1.807) is 36.4 Å². The van der Waals surface area contributed by atoms with Crippen molar-refractivity contribution in [2.75, 3.05) is 0 Å². The molecule has 0 aliphatic carbocycles. The fourth-order valence-electron chi connectivity index (χ4n) is 1.98. The van der Waals surface area contributed by atoms with Crippen LogP contribution in [0.4, 0.5) is 26.3 Å². The van der Waals surface area contributed by atoms with E-state index >= 15 is 0 Å². The normalized spacial score (nSPS) is 10.8. The van der Waals surface area contributed by atoms with Gasteiger partial charge in [-0.3, -0.25) is 19.2 Å². The van der Waals surface area contributed by atoms with Gasteiger partial charge in [-0.15, -0.1) is 0 Å². The van der Waals surface area contributed by atoms with Gasteiger partial charge in [0.2, 0.25) is 0 Å². The molecule has 0 aliphatic rings. The van der Waals surface area contributed by atoms with Gasteiger partial charge in [-0.2, -0.15) is 26.3 Å². The number of carbonyl (C=O) groups excluding carboxylic acids is 4. The van der Waals surface area contributed by atoms with Gasteiger partial charge in [0.25, 0.3) is 0 Å². The molecule has 4 nitrogen and oxygen atoms in total. The van der Waals surface area contributed by atoms with Crippen LogP contribution in [0.25, 0.3) is 0 Å². The Hall–Kier alpha value is -2.78. The molecule has 31 heavy (non-hydrogen) atoms. The van der Waals surface area contributed by atoms with E-state index in [-0.39, 0.29) is 28.2 Å². The zero-order chi connectivity index (χ0) is 22.9. The third-order valence-corrected chi connectivity index (χ3v) is 3.54. The number of hydrogen-bond acceptors (Lipinski definition) is 0. The molecule has 0 bridgehead atoms. The van der Waals surface area contributed by atoms with E-state index in [1.807, 2.05) is 0 Å². The van der Waals surface area contributed by atoms with Crippen molar-refractivity contribution < 1.29 is 62.6 Å². The van der Waals surface area contributed by atoms with Gasteiger partial charge < -0.3 is 0 Å². The largest absolute Gasteiger partial charge is 0.505 e. The van der Waals surface area contributed by atoms with Crippen LogP contribution >= 0.6 is 0 Å². The van der Waals surface area contributed by atoms with Crippen molar-refractivity contribution in [1.82, 2.24) is 0 Å². The molecule has 0 aromatic heterocycles. The van der Waals surface area contributed by atoms with Crippen LogP contribution in [0.3, 0.4) is 0 Å². The van der Waals surface area contributed by atoms with E-state index in [9.17, 15) is 35.9 Å². The number of ketones is 4. The molecule has 2 rings (SSSR count). The molecular formula is C20H18F6MnO4+4. The minimum Gasteiger partial charge on any atom is -0.277 e. The van der Waals surface area contributed by atoms with Crippen molar-refractivity contribution in [3.8, 4) is 0 Å². The molecule has 0 heterocycles. The molecule has 0 unspecified atom stereocenters. The molecule has 0 aliphatic heterocycles. The van der Waals surface area contributed by atoms with Gasteiger partial charge in [0.1, 0.15) is 0 Å². The number of rotatable bonds is 6. The Bertz CT molecular complexity index is 818. The molecule has 2 aromatic rings. The molecule has 0 fully saturated rings. The number of alkyl halides is 6. The summed E-state index contributed by atoms with van der Waals surface area (Å²) in [6.07, 6.45) is -11.4. The average molecular weight is 491 g/mol. The first-order valence-electron chi connectivity index (χ1n) is 8.26. The smallest absolute Gasteiger partial charge is 0.277 e. The Morgan fingerprint density at radius 2 is 0.806 bits per heavy atom. The summed E-state index contributed by atoms with van der Waals surface area (Å²) in [6, 6.07) is 15.5. The third-order valence-electron chi connectivity index (χ3n) is 3.54. The van der Waals surface area contributed by atoms with E-state index in [0.29, 0.717) is 0 Å². The third kappa shape index (κ3) is 10.2. The average Bonchev–Trinajstić information content (AvgIpc) is 2.68. The maximum absolute atomic E-state index is 11.9. The minimum absolute atomic E-state index is 0. The van der Waals surface area contributed by atoms with E-state index in [0.717, 1.165) is 0 Å². The molecular weight excluding hydrogens is 473 g/mol. The number of benzene rings is 2. The van der Waals surface area contributed by atoms with Gasteiger partial charge >= 0.3 is 35.5 Å². The van der Waals surface area contributed by atoms with Gasteiger partial charge in [-0.05, 0) is 24.3 Å². The Labute approximate surface area is 183 Å². The SMILES string of the molecule is [Mn].[OH+]=C(CC(=[OH+])C(F)(F)F)c1ccccc1.[OH+]=C(CC(=[OH+])C(F)(F)F)c1ccccc1. The standard InChI is InChI=1S/2C10H7F3O2.Mn/c2*11-10(12,13)9(15)6-8(14)7-4-2-1-3-5-7;/h2*1-5H,6H2;/p+4. The summed E-state index contributed by atoms with van der Waals surface area (Å²) < 4.78 is 71.5. The van der Waals surface area contributed by atoms with Crippen LogP contribution in [0.1, 0.15) is 24.0 Å². The summed E-state index contributed by atoms with van der Waals surface area (Å²) in [5, 5.41) is 0. The van der Waals surface area contributed by atoms with Crippen LogP contribution in [0.15, 0.2) is 60.7 Å². The molecule has 0 saturated carbocycles. The monoisotopic (exact) mass is 491 g/mol. The van der Waals surface area contributed by atoms with Gasteiger partial charge in [0.15, 0.2) is 12.8 Å². The Kier molecular flexibility index (Phi) is 11.1. The van der Waals surface area contributed by atoms with Crippen molar-refractivity contribution in [2.24, 2.45) is 0 Å². The van der Waals surface area contributed by atoms with E-state index in [2.05, 4.69) is 0 Å². The predicted molar refractivity (Wildman–Crippen MR) is 100 cm³/mol. The summed E-state index contributed by atoms with van der Waals surface area (Å²) >= 11 is 0. The summed E-state index contributed by atoms with van der Waals surface area (Å²) in [6.45, 7) is 0. The Morgan fingerprint density at radius 1 is 0.548 bits per heavy atom. The van der Waals surface area contributed by atoms with E-state index < -0.39 is 48.3 Å². The fourth-order valence-corrected chi connectivity index (χ4v) is 1.98. The van der Waals surface area contributed by atoms with Crippen LogP contribution in [-0.2, 0) is 17.1 Å². The zero-order valence-corrected chi connectivity index (χ0v) is 16.8. The molecule has 167 valence electrons. The topological polar surface area (TPSA) is 85.6 Å². The van der Waals surface area contributed by atoms with Crippen LogP contribution in [-0.4, -0.2) is 54.7 Å². The molecule has 0 atom stereocenters. The Morgan fingerprint density at radius 3 is 1.03 bits per heavy atom. The van der Waals surface area contributed by atoms with Gasteiger partial charge in [-0.25, -0.2) is 0 Å². The van der Waals surface area contributed by atoms with E-state index in [4.69, 9.17) is 9.59 Å². The van der Waals surface area contributed by atoms with Crippen molar-refractivity contribution >= 4 is 23.1 Å².